The van der Waals surface area contributed by atoms with E-state index in [0.717, 1.165) is 54.0 Å². The zero-order chi connectivity index (χ0) is 17.2. The molecule has 1 heterocycles. The largest absolute Gasteiger partial charge is 0.497 e. The number of guanidine groups is 1. The number of benzene rings is 1. The molecular formula is C18H25ClIN3O2. The van der Waals surface area contributed by atoms with Gasteiger partial charge in [0.1, 0.15) is 11.5 Å². The van der Waals surface area contributed by atoms with Crippen LogP contribution in [0.25, 0.3) is 0 Å². The standard InChI is InChI=1S/C18H24ClN3O2.HI/c1-3-20-18(22-11-9-15-5-4-12-24-15)21-10-8-14-6-7-16(23-2)13-17(14)19;/h4-7,12-13H,3,8-11H2,1-2H3,(H2,20,21,22);1H. The molecule has 7 heteroatoms. The number of ether oxygens (including phenoxy) is 1. The van der Waals surface area contributed by atoms with Gasteiger partial charge in [-0.1, -0.05) is 17.7 Å². The molecule has 0 saturated heterocycles. The summed E-state index contributed by atoms with van der Waals surface area (Å²) in [7, 11) is 1.63. The van der Waals surface area contributed by atoms with E-state index in [1.165, 1.54) is 0 Å². The smallest absolute Gasteiger partial charge is 0.191 e. The second kappa shape index (κ2) is 12.0. The van der Waals surface area contributed by atoms with Crippen LogP contribution in [0.5, 0.6) is 5.75 Å². The Kier molecular flexibility index (Phi) is 10.4. The lowest BCUT2D eigenvalue weighted by atomic mass is 10.1. The number of halogens is 2. The van der Waals surface area contributed by atoms with Gasteiger partial charge in [-0.15, -0.1) is 24.0 Å². The third kappa shape index (κ3) is 7.56. The molecule has 1 aromatic heterocycles. The molecule has 0 aliphatic rings. The lowest BCUT2D eigenvalue weighted by molar-refractivity contribution is 0.414. The zero-order valence-electron chi connectivity index (χ0n) is 14.5. The van der Waals surface area contributed by atoms with Gasteiger partial charge in [-0.3, -0.25) is 4.99 Å². The fraction of sp³-hybridized carbons (Fsp3) is 0.389. The molecule has 138 valence electrons. The van der Waals surface area contributed by atoms with Crippen LogP contribution in [-0.2, 0) is 12.8 Å². The minimum Gasteiger partial charge on any atom is -0.497 e. The summed E-state index contributed by atoms with van der Waals surface area (Å²) < 4.78 is 10.5. The molecule has 0 unspecified atom stereocenters. The molecule has 0 aliphatic carbocycles. The SMILES string of the molecule is CCNC(=NCCc1ccco1)NCCc1ccc(OC)cc1Cl.I. The third-order valence-corrected chi connectivity index (χ3v) is 3.85. The molecule has 0 saturated carbocycles. The van der Waals surface area contributed by atoms with Crippen LogP contribution in [0.1, 0.15) is 18.2 Å². The van der Waals surface area contributed by atoms with Crippen LogP contribution in [0, 0.1) is 0 Å². The average molecular weight is 478 g/mol. The Balaban J connectivity index is 0.00000312. The maximum Gasteiger partial charge on any atom is 0.191 e. The van der Waals surface area contributed by atoms with Gasteiger partial charge in [0.25, 0.3) is 0 Å². The number of nitrogens with one attached hydrogen (secondary N) is 2. The Morgan fingerprint density at radius 1 is 1.24 bits per heavy atom. The Labute approximate surface area is 171 Å². The van der Waals surface area contributed by atoms with Crippen molar-refractivity contribution in [1.29, 1.82) is 0 Å². The van der Waals surface area contributed by atoms with E-state index >= 15 is 0 Å². The number of rotatable bonds is 8. The van der Waals surface area contributed by atoms with Crippen LogP contribution >= 0.6 is 35.6 Å². The molecule has 0 amide bonds. The van der Waals surface area contributed by atoms with Crippen LogP contribution in [0.4, 0.5) is 0 Å². The molecular weight excluding hydrogens is 453 g/mol. The van der Waals surface area contributed by atoms with Crippen molar-refractivity contribution in [2.45, 2.75) is 19.8 Å². The first-order valence-electron chi connectivity index (χ1n) is 8.10. The van der Waals surface area contributed by atoms with Crippen molar-refractivity contribution in [3.63, 3.8) is 0 Å². The van der Waals surface area contributed by atoms with Gasteiger partial charge in [0, 0.05) is 31.1 Å². The van der Waals surface area contributed by atoms with E-state index in [2.05, 4.69) is 15.6 Å². The second-order valence-corrected chi connectivity index (χ2v) is 5.63. The first kappa shape index (κ1) is 21.6. The van der Waals surface area contributed by atoms with Gasteiger partial charge in [0.05, 0.1) is 13.4 Å². The second-order valence-electron chi connectivity index (χ2n) is 5.22. The van der Waals surface area contributed by atoms with Crippen molar-refractivity contribution in [3.05, 3.63) is 52.9 Å². The molecule has 0 bridgehead atoms. The molecule has 0 radical (unpaired) electrons. The number of furan rings is 1. The van der Waals surface area contributed by atoms with Gasteiger partial charge in [-0.25, -0.2) is 0 Å². The first-order chi connectivity index (χ1) is 11.7. The number of aliphatic imine (C=N–C) groups is 1. The topological polar surface area (TPSA) is 58.8 Å². The van der Waals surface area contributed by atoms with Crippen molar-refractivity contribution >= 4 is 41.5 Å². The Morgan fingerprint density at radius 2 is 2.08 bits per heavy atom. The molecule has 0 atom stereocenters. The van der Waals surface area contributed by atoms with Gasteiger partial charge in [-0.2, -0.15) is 0 Å². The highest BCUT2D eigenvalue weighted by atomic mass is 127. The summed E-state index contributed by atoms with van der Waals surface area (Å²) >= 11 is 6.26. The van der Waals surface area contributed by atoms with E-state index in [0.29, 0.717) is 6.54 Å². The monoisotopic (exact) mass is 477 g/mol. The maximum absolute atomic E-state index is 6.26. The van der Waals surface area contributed by atoms with Crippen LogP contribution < -0.4 is 15.4 Å². The predicted molar refractivity (Wildman–Crippen MR) is 114 cm³/mol. The van der Waals surface area contributed by atoms with E-state index in [-0.39, 0.29) is 24.0 Å². The fourth-order valence-electron chi connectivity index (χ4n) is 2.25. The lowest BCUT2D eigenvalue weighted by Gasteiger charge is -2.12. The highest BCUT2D eigenvalue weighted by Crippen LogP contribution is 2.22. The summed E-state index contributed by atoms with van der Waals surface area (Å²) in [5, 5.41) is 7.28. The summed E-state index contributed by atoms with van der Waals surface area (Å²) in [6.07, 6.45) is 3.28. The minimum atomic E-state index is 0. The Hall–Kier alpha value is -1.41. The average Bonchev–Trinajstić information content (AvgIpc) is 3.09. The highest BCUT2D eigenvalue weighted by Gasteiger charge is 2.03. The van der Waals surface area contributed by atoms with Crippen LogP contribution in [0.15, 0.2) is 46.0 Å². The van der Waals surface area contributed by atoms with E-state index in [1.54, 1.807) is 13.4 Å². The summed E-state index contributed by atoms with van der Waals surface area (Å²) in [6.45, 7) is 4.28. The Morgan fingerprint density at radius 3 is 2.72 bits per heavy atom. The fourth-order valence-corrected chi connectivity index (χ4v) is 2.51. The number of hydrogen-bond donors (Lipinski definition) is 2. The van der Waals surface area contributed by atoms with Gasteiger partial charge in [-0.05, 0) is 43.2 Å². The van der Waals surface area contributed by atoms with Crippen molar-refractivity contribution in [1.82, 2.24) is 10.6 Å². The van der Waals surface area contributed by atoms with Gasteiger partial charge < -0.3 is 19.8 Å². The van der Waals surface area contributed by atoms with E-state index in [9.17, 15) is 0 Å². The van der Waals surface area contributed by atoms with Crippen LogP contribution in [-0.4, -0.2) is 32.7 Å². The molecule has 5 nitrogen and oxygen atoms in total. The maximum atomic E-state index is 6.26. The normalized spacial score (nSPS) is 10.9. The summed E-state index contributed by atoms with van der Waals surface area (Å²) in [6, 6.07) is 9.59. The summed E-state index contributed by atoms with van der Waals surface area (Å²) in [5.74, 6) is 2.51. The Bertz CT molecular complexity index is 648. The van der Waals surface area contributed by atoms with Crippen molar-refractivity contribution < 1.29 is 9.15 Å². The number of nitrogens with zero attached hydrogens (tertiary/aromatic N) is 1. The van der Waals surface area contributed by atoms with Crippen molar-refractivity contribution in [2.24, 2.45) is 4.99 Å². The predicted octanol–water partition coefficient (Wildman–Crippen LogP) is 3.90. The van der Waals surface area contributed by atoms with Crippen molar-refractivity contribution in [2.75, 3.05) is 26.7 Å². The van der Waals surface area contributed by atoms with Crippen LogP contribution in [0.2, 0.25) is 5.02 Å². The van der Waals surface area contributed by atoms with Gasteiger partial charge in [0.15, 0.2) is 5.96 Å². The lowest BCUT2D eigenvalue weighted by Crippen LogP contribution is -2.38. The minimum absolute atomic E-state index is 0. The molecule has 0 fully saturated rings. The quantitative estimate of drug-likeness (QED) is 0.344. The molecule has 2 N–H and O–H groups in total. The molecule has 0 spiro atoms. The zero-order valence-corrected chi connectivity index (χ0v) is 17.6. The molecule has 25 heavy (non-hydrogen) atoms. The number of methoxy groups -OCH3 is 1. The summed E-state index contributed by atoms with van der Waals surface area (Å²) in [5.41, 5.74) is 1.08. The van der Waals surface area contributed by atoms with Gasteiger partial charge in [0.2, 0.25) is 0 Å². The summed E-state index contributed by atoms with van der Waals surface area (Å²) in [4.78, 5) is 4.55. The van der Waals surface area contributed by atoms with Crippen molar-refractivity contribution in [3.8, 4) is 5.75 Å². The molecule has 2 rings (SSSR count). The van der Waals surface area contributed by atoms with E-state index < -0.39 is 0 Å². The van der Waals surface area contributed by atoms with Gasteiger partial charge >= 0.3 is 0 Å². The first-order valence-corrected chi connectivity index (χ1v) is 8.47. The molecule has 0 aliphatic heterocycles. The number of hydrogen-bond acceptors (Lipinski definition) is 3. The highest BCUT2D eigenvalue weighted by molar-refractivity contribution is 14.0. The van der Waals surface area contributed by atoms with E-state index in [4.69, 9.17) is 20.8 Å². The molecule has 1 aromatic carbocycles. The molecule has 2 aromatic rings. The van der Waals surface area contributed by atoms with Crippen LogP contribution in [0.3, 0.4) is 0 Å². The van der Waals surface area contributed by atoms with E-state index in [1.807, 2.05) is 37.3 Å². The third-order valence-electron chi connectivity index (χ3n) is 3.50.